The summed E-state index contributed by atoms with van der Waals surface area (Å²) in [6.45, 7) is 0.594. The van der Waals surface area contributed by atoms with E-state index < -0.39 is 18.0 Å². The van der Waals surface area contributed by atoms with E-state index in [1.165, 1.54) is 19.5 Å². The van der Waals surface area contributed by atoms with Gasteiger partial charge in [-0.1, -0.05) is 0 Å². The number of carbonyl (C=O) groups excluding carboxylic acids is 1. The first-order valence-corrected chi connectivity index (χ1v) is 5.53. The lowest BCUT2D eigenvalue weighted by atomic mass is 10.2. The molecule has 0 amide bonds. The molecular formula is C11H13N3O4. The number of esters is 1. The number of carboxylic acids is 1. The Hall–Kier alpha value is -2.18. The Morgan fingerprint density at radius 3 is 2.94 bits per heavy atom. The Kier molecular flexibility index (Phi) is 3.40. The van der Waals surface area contributed by atoms with Crippen LogP contribution in [0.15, 0.2) is 12.4 Å². The monoisotopic (exact) mass is 251 g/mol. The molecule has 1 unspecified atom stereocenters. The SMILES string of the molecule is COC(=O)c1cncc(N2CCCC2C(=O)O)n1. The van der Waals surface area contributed by atoms with Crippen LogP contribution in [0.25, 0.3) is 0 Å². The molecule has 0 aliphatic carbocycles. The number of aromatic nitrogens is 2. The zero-order chi connectivity index (χ0) is 13.1. The van der Waals surface area contributed by atoms with Gasteiger partial charge in [-0.2, -0.15) is 0 Å². The quantitative estimate of drug-likeness (QED) is 0.773. The predicted octanol–water partition coefficient (Wildman–Crippen LogP) is 0.317. The third-order valence-corrected chi connectivity index (χ3v) is 2.85. The second kappa shape index (κ2) is 4.99. The minimum absolute atomic E-state index is 0.0750. The topological polar surface area (TPSA) is 92.6 Å². The van der Waals surface area contributed by atoms with Crippen molar-refractivity contribution in [1.82, 2.24) is 9.97 Å². The second-order valence-electron chi connectivity index (χ2n) is 3.94. The lowest BCUT2D eigenvalue weighted by Gasteiger charge is -2.22. The molecule has 1 N–H and O–H groups in total. The lowest BCUT2D eigenvalue weighted by Crippen LogP contribution is -2.36. The van der Waals surface area contributed by atoms with E-state index in [1.54, 1.807) is 4.90 Å². The molecule has 7 heteroatoms. The van der Waals surface area contributed by atoms with Crippen molar-refractivity contribution >= 4 is 17.8 Å². The van der Waals surface area contributed by atoms with Gasteiger partial charge in [0.1, 0.15) is 11.9 Å². The molecule has 2 rings (SSSR count). The van der Waals surface area contributed by atoms with E-state index in [2.05, 4.69) is 14.7 Å². The maximum Gasteiger partial charge on any atom is 0.358 e. The van der Waals surface area contributed by atoms with Crippen LogP contribution >= 0.6 is 0 Å². The molecule has 96 valence electrons. The Labute approximate surface area is 103 Å². The molecule has 0 aromatic carbocycles. The van der Waals surface area contributed by atoms with Gasteiger partial charge in [0.2, 0.25) is 0 Å². The lowest BCUT2D eigenvalue weighted by molar-refractivity contribution is -0.138. The number of hydrogen-bond donors (Lipinski definition) is 1. The van der Waals surface area contributed by atoms with E-state index in [-0.39, 0.29) is 5.69 Å². The average Bonchev–Trinajstić information content (AvgIpc) is 2.87. The highest BCUT2D eigenvalue weighted by Gasteiger charge is 2.31. The van der Waals surface area contributed by atoms with E-state index in [1.807, 2.05) is 0 Å². The summed E-state index contributed by atoms with van der Waals surface area (Å²) in [5.41, 5.74) is 0.0750. The van der Waals surface area contributed by atoms with Crippen LogP contribution in [0.1, 0.15) is 23.3 Å². The van der Waals surface area contributed by atoms with Crippen molar-refractivity contribution in [3.63, 3.8) is 0 Å². The maximum absolute atomic E-state index is 11.3. The van der Waals surface area contributed by atoms with E-state index >= 15 is 0 Å². The molecule has 1 atom stereocenters. The van der Waals surface area contributed by atoms with Gasteiger partial charge >= 0.3 is 11.9 Å². The van der Waals surface area contributed by atoms with Gasteiger partial charge in [0.15, 0.2) is 5.69 Å². The Bertz CT molecular complexity index is 477. The molecule has 1 aromatic rings. The van der Waals surface area contributed by atoms with Crippen molar-refractivity contribution in [3.8, 4) is 0 Å². The molecule has 0 bridgehead atoms. The molecule has 2 heterocycles. The number of aliphatic carboxylic acids is 1. The fourth-order valence-corrected chi connectivity index (χ4v) is 1.99. The van der Waals surface area contributed by atoms with Crippen LogP contribution in [0.2, 0.25) is 0 Å². The molecule has 1 saturated heterocycles. The molecule has 0 radical (unpaired) electrons. The third-order valence-electron chi connectivity index (χ3n) is 2.85. The number of carboxylic acid groups (broad SMARTS) is 1. The maximum atomic E-state index is 11.3. The highest BCUT2D eigenvalue weighted by atomic mass is 16.5. The van der Waals surface area contributed by atoms with Crippen molar-refractivity contribution in [2.24, 2.45) is 0 Å². The van der Waals surface area contributed by atoms with Gasteiger partial charge in [-0.25, -0.2) is 14.6 Å². The van der Waals surface area contributed by atoms with Gasteiger partial charge in [0.05, 0.1) is 19.5 Å². The summed E-state index contributed by atoms with van der Waals surface area (Å²) in [4.78, 5) is 32.0. The van der Waals surface area contributed by atoms with Crippen LogP contribution in [0, 0.1) is 0 Å². The van der Waals surface area contributed by atoms with Gasteiger partial charge in [-0.05, 0) is 12.8 Å². The minimum atomic E-state index is -0.891. The van der Waals surface area contributed by atoms with Crippen LogP contribution in [0.4, 0.5) is 5.82 Å². The minimum Gasteiger partial charge on any atom is -0.480 e. The third kappa shape index (κ3) is 2.24. The molecular weight excluding hydrogens is 238 g/mol. The Morgan fingerprint density at radius 2 is 2.28 bits per heavy atom. The Morgan fingerprint density at radius 1 is 1.50 bits per heavy atom. The number of methoxy groups -OCH3 is 1. The number of carbonyl (C=O) groups is 2. The van der Waals surface area contributed by atoms with Gasteiger partial charge in [-0.15, -0.1) is 0 Å². The normalized spacial score (nSPS) is 18.7. The summed E-state index contributed by atoms with van der Waals surface area (Å²) in [5.74, 6) is -1.09. The van der Waals surface area contributed by atoms with Crippen molar-refractivity contribution in [3.05, 3.63) is 18.1 Å². The zero-order valence-corrected chi connectivity index (χ0v) is 9.87. The molecule has 18 heavy (non-hydrogen) atoms. The number of ether oxygens (including phenoxy) is 1. The van der Waals surface area contributed by atoms with Crippen LogP contribution in [0.3, 0.4) is 0 Å². The van der Waals surface area contributed by atoms with E-state index in [0.29, 0.717) is 18.8 Å². The molecule has 7 nitrogen and oxygen atoms in total. The fourth-order valence-electron chi connectivity index (χ4n) is 1.99. The smallest absolute Gasteiger partial charge is 0.358 e. The fraction of sp³-hybridized carbons (Fsp3) is 0.455. The van der Waals surface area contributed by atoms with Crippen molar-refractivity contribution in [2.75, 3.05) is 18.6 Å². The van der Waals surface area contributed by atoms with Crippen LogP contribution in [0.5, 0.6) is 0 Å². The second-order valence-corrected chi connectivity index (χ2v) is 3.94. The zero-order valence-electron chi connectivity index (χ0n) is 9.87. The molecule has 0 saturated carbocycles. The molecule has 1 fully saturated rings. The van der Waals surface area contributed by atoms with Crippen molar-refractivity contribution < 1.29 is 19.4 Å². The van der Waals surface area contributed by atoms with Crippen molar-refractivity contribution in [1.29, 1.82) is 0 Å². The molecule has 1 aliphatic rings. The van der Waals surface area contributed by atoms with E-state index in [9.17, 15) is 9.59 Å². The molecule has 1 aliphatic heterocycles. The highest BCUT2D eigenvalue weighted by molar-refractivity contribution is 5.87. The van der Waals surface area contributed by atoms with E-state index in [4.69, 9.17) is 5.11 Å². The largest absolute Gasteiger partial charge is 0.480 e. The summed E-state index contributed by atoms with van der Waals surface area (Å²) in [5, 5.41) is 9.09. The van der Waals surface area contributed by atoms with Gasteiger partial charge in [-0.3, -0.25) is 4.98 Å². The summed E-state index contributed by atoms with van der Waals surface area (Å²) < 4.78 is 4.55. The average molecular weight is 251 g/mol. The number of nitrogens with zero attached hydrogens (tertiary/aromatic N) is 3. The number of rotatable bonds is 3. The van der Waals surface area contributed by atoms with Crippen molar-refractivity contribution in [2.45, 2.75) is 18.9 Å². The summed E-state index contributed by atoms with van der Waals surface area (Å²) >= 11 is 0. The Balaban J connectivity index is 2.28. The molecule has 0 spiro atoms. The number of hydrogen-bond acceptors (Lipinski definition) is 6. The summed E-state index contributed by atoms with van der Waals surface area (Å²) in [6, 6.07) is -0.604. The first-order chi connectivity index (χ1) is 8.63. The number of anilines is 1. The van der Waals surface area contributed by atoms with Crippen LogP contribution in [-0.4, -0.2) is 46.7 Å². The van der Waals surface area contributed by atoms with Gasteiger partial charge < -0.3 is 14.7 Å². The standard InChI is InChI=1S/C11H13N3O4/c1-18-11(17)7-5-12-6-9(13-7)14-4-2-3-8(14)10(15)16/h5-6,8H,2-4H2,1H3,(H,15,16). The highest BCUT2D eigenvalue weighted by Crippen LogP contribution is 2.23. The van der Waals surface area contributed by atoms with Gasteiger partial charge in [0, 0.05) is 6.54 Å². The summed E-state index contributed by atoms with van der Waals surface area (Å²) in [7, 11) is 1.26. The first kappa shape index (κ1) is 12.3. The predicted molar refractivity (Wildman–Crippen MR) is 61.4 cm³/mol. The van der Waals surface area contributed by atoms with Gasteiger partial charge in [0.25, 0.3) is 0 Å². The van der Waals surface area contributed by atoms with E-state index in [0.717, 1.165) is 6.42 Å². The summed E-state index contributed by atoms with van der Waals surface area (Å²) in [6.07, 6.45) is 4.09. The van der Waals surface area contributed by atoms with Crippen LogP contribution < -0.4 is 4.90 Å². The first-order valence-electron chi connectivity index (χ1n) is 5.53. The molecule has 1 aromatic heterocycles. The van der Waals surface area contributed by atoms with Crippen LogP contribution in [-0.2, 0) is 9.53 Å².